The number of hydrazone groups is 1. The lowest BCUT2D eigenvalue weighted by Gasteiger charge is -2.26. The number of ether oxygens (including phenoxy) is 1. The Bertz CT molecular complexity index is 1010. The van der Waals surface area contributed by atoms with Crippen LogP contribution in [0.4, 0.5) is 5.82 Å². The summed E-state index contributed by atoms with van der Waals surface area (Å²) in [5.41, 5.74) is 5.58. The number of benzene rings is 1. The Labute approximate surface area is 194 Å². The molecule has 174 valence electrons. The van der Waals surface area contributed by atoms with Gasteiger partial charge >= 0.3 is 0 Å². The van der Waals surface area contributed by atoms with Gasteiger partial charge in [0.2, 0.25) is 0 Å². The minimum absolute atomic E-state index is 0.224. The zero-order chi connectivity index (χ0) is 23.0. The summed E-state index contributed by atoms with van der Waals surface area (Å²) in [6.45, 7) is 8.70. The van der Waals surface area contributed by atoms with Gasteiger partial charge in [-0.1, -0.05) is 35.9 Å². The predicted molar refractivity (Wildman–Crippen MR) is 130 cm³/mol. The topological polar surface area (TPSA) is 104 Å². The monoisotopic (exact) mass is 449 g/mol. The molecule has 1 saturated heterocycles. The first-order chi connectivity index (χ1) is 16.0. The molecule has 33 heavy (non-hydrogen) atoms. The number of hydrogen-bond donors (Lipinski definition) is 3. The van der Waals surface area contributed by atoms with Crippen LogP contribution in [0.15, 0.2) is 35.4 Å². The van der Waals surface area contributed by atoms with Crippen LogP contribution in [0.25, 0.3) is 12.2 Å². The molecule has 1 amide bonds. The largest absolute Gasteiger partial charge is 0.379 e. The van der Waals surface area contributed by atoms with Crippen molar-refractivity contribution in [1.82, 2.24) is 25.6 Å². The number of rotatable bonds is 7. The Balaban J connectivity index is 1.47. The van der Waals surface area contributed by atoms with Gasteiger partial charge in [-0.2, -0.15) is 5.10 Å². The van der Waals surface area contributed by atoms with E-state index in [4.69, 9.17) is 4.74 Å². The molecule has 2 aliphatic heterocycles. The molecule has 1 atom stereocenters. The third-order valence-electron chi connectivity index (χ3n) is 5.49. The van der Waals surface area contributed by atoms with Gasteiger partial charge in [0.25, 0.3) is 5.91 Å². The van der Waals surface area contributed by atoms with E-state index in [9.17, 15) is 4.79 Å². The van der Waals surface area contributed by atoms with Gasteiger partial charge in [0.1, 0.15) is 17.3 Å². The van der Waals surface area contributed by atoms with Crippen LogP contribution in [0.2, 0.25) is 0 Å². The first kappa shape index (κ1) is 22.9. The molecule has 9 heteroatoms. The maximum absolute atomic E-state index is 12.9. The van der Waals surface area contributed by atoms with Crippen LogP contribution in [0, 0.1) is 6.92 Å². The first-order valence-electron chi connectivity index (χ1n) is 11.4. The van der Waals surface area contributed by atoms with Crippen molar-refractivity contribution in [2.75, 3.05) is 44.7 Å². The van der Waals surface area contributed by atoms with E-state index < -0.39 is 0 Å². The van der Waals surface area contributed by atoms with Gasteiger partial charge in [-0.25, -0.2) is 9.97 Å². The third kappa shape index (κ3) is 6.84. The Morgan fingerprint density at radius 1 is 1.21 bits per heavy atom. The van der Waals surface area contributed by atoms with Gasteiger partial charge in [0.05, 0.1) is 13.2 Å². The second kappa shape index (κ2) is 11.0. The first-order valence-corrected chi connectivity index (χ1v) is 11.4. The molecule has 4 rings (SSSR count). The zero-order valence-electron chi connectivity index (χ0n) is 19.2. The van der Waals surface area contributed by atoms with Crippen molar-refractivity contribution in [3.8, 4) is 0 Å². The summed E-state index contributed by atoms with van der Waals surface area (Å²) in [4.78, 5) is 24.2. The van der Waals surface area contributed by atoms with Crippen LogP contribution in [-0.2, 0) is 4.74 Å². The van der Waals surface area contributed by atoms with Crippen LogP contribution in [-0.4, -0.2) is 72.0 Å². The molecule has 9 nitrogen and oxygen atoms in total. The highest BCUT2D eigenvalue weighted by Gasteiger charge is 2.17. The quantitative estimate of drug-likeness (QED) is 0.595. The van der Waals surface area contributed by atoms with Crippen molar-refractivity contribution in [2.24, 2.45) is 5.10 Å². The van der Waals surface area contributed by atoms with E-state index >= 15 is 0 Å². The van der Waals surface area contributed by atoms with Crippen LogP contribution >= 0.6 is 0 Å². The lowest BCUT2D eigenvalue weighted by molar-refractivity contribution is 0.0383. The lowest BCUT2D eigenvalue weighted by atomic mass is 10.1. The summed E-state index contributed by atoms with van der Waals surface area (Å²) in [6, 6.07) is 10.1. The van der Waals surface area contributed by atoms with Crippen molar-refractivity contribution in [1.29, 1.82) is 0 Å². The highest BCUT2D eigenvalue weighted by atomic mass is 16.5. The van der Waals surface area contributed by atoms with E-state index in [-0.39, 0.29) is 11.9 Å². The minimum atomic E-state index is -0.224. The molecule has 1 aromatic carbocycles. The molecule has 0 saturated carbocycles. The molecule has 0 spiro atoms. The van der Waals surface area contributed by atoms with Crippen molar-refractivity contribution in [2.45, 2.75) is 26.3 Å². The average molecular weight is 450 g/mol. The highest BCUT2D eigenvalue weighted by Crippen LogP contribution is 2.13. The Hall–Kier alpha value is -3.30. The number of nitrogens with one attached hydrogen (secondary N) is 3. The van der Waals surface area contributed by atoms with Crippen molar-refractivity contribution < 1.29 is 9.53 Å². The van der Waals surface area contributed by atoms with E-state index in [0.717, 1.165) is 50.7 Å². The van der Waals surface area contributed by atoms with Crippen molar-refractivity contribution >= 4 is 29.7 Å². The van der Waals surface area contributed by atoms with Crippen molar-refractivity contribution in [3.05, 3.63) is 53.0 Å². The number of amides is 1. The fourth-order valence-corrected chi connectivity index (χ4v) is 3.61. The number of amidine groups is 1. The highest BCUT2D eigenvalue weighted by molar-refractivity contribution is 5.98. The van der Waals surface area contributed by atoms with Gasteiger partial charge in [0, 0.05) is 44.7 Å². The molecule has 3 heterocycles. The van der Waals surface area contributed by atoms with Crippen LogP contribution < -0.4 is 16.1 Å². The third-order valence-corrected chi connectivity index (χ3v) is 5.49. The number of carbonyl (C=O) groups is 1. The van der Waals surface area contributed by atoms with Gasteiger partial charge in [0.15, 0.2) is 5.82 Å². The maximum Gasteiger partial charge on any atom is 0.270 e. The second-order valence-corrected chi connectivity index (χ2v) is 8.37. The fraction of sp³-hybridized carbons (Fsp3) is 0.417. The Kier molecular flexibility index (Phi) is 7.64. The van der Waals surface area contributed by atoms with Crippen LogP contribution in [0.3, 0.4) is 0 Å². The predicted octanol–water partition coefficient (Wildman–Crippen LogP) is 2.12. The van der Waals surface area contributed by atoms with E-state index in [1.54, 1.807) is 6.07 Å². The molecule has 0 aliphatic carbocycles. The number of morpholine rings is 1. The number of anilines is 1. The number of nitrogens with zero attached hydrogens (tertiary/aromatic N) is 4. The standard InChI is InChI=1S/C24H31N7O2/c1-17-3-5-19(6-4-17)7-8-21-26-20(16-22(27-21)28-23-15-18(2)29-30-23)24(32)25-9-10-31-11-13-33-14-12-31/h3-8,16,18,29H,9-15H2,1-2H3,(H,25,32)(H,26,27,28,30)/b8-7+. The molecular formula is C24H31N7O2. The van der Waals surface area contributed by atoms with Crippen molar-refractivity contribution in [3.63, 3.8) is 0 Å². The van der Waals surface area contributed by atoms with E-state index in [0.29, 0.717) is 23.9 Å². The molecule has 0 bridgehead atoms. The lowest BCUT2D eigenvalue weighted by Crippen LogP contribution is -2.41. The molecule has 3 N–H and O–H groups in total. The molecule has 2 aliphatic rings. The molecule has 2 aromatic rings. The summed E-state index contributed by atoms with van der Waals surface area (Å²) in [5.74, 6) is 1.56. The van der Waals surface area contributed by atoms with E-state index in [1.165, 1.54) is 5.56 Å². The summed E-state index contributed by atoms with van der Waals surface area (Å²) < 4.78 is 5.37. The van der Waals surface area contributed by atoms with Gasteiger partial charge in [-0.3, -0.25) is 9.69 Å². The van der Waals surface area contributed by atoms with Gasteiger partial charge in [-0.15, -0.1) is 0 Å². The fourth-order valence-electron chi connectivity index (χ4n) is 3.61. The van der Waals surface area contributed by atoms with Crippen LogP contribution in [0.1, 0.15) is 40.8 Å². The van der Waals surface area contributed by atoms with Crippen LogP contribution in [0.5, 0.6) is 0 Å². The summed E-state index contributed by atoms with van der Waals surface area (Å²) >= 11 is 0. The summed E-state index contributed by atoms with van der Waals surface area (Å²) in [7, 11) is 0. The van der Waals surface area contributed by atoms with E-state index in [2.05, 4.69) is 62.0 Å². The normalized spacial score (nSPS) is 18.7. The SMILES string of the molecule is Cc1ccc(/C=C/c2nc(NC3=NNC(C)C3)cc(C(=O)NCCN3CCOCC3)n2)cc1. The Morgan fingerprint density at radius 3 is 2.73 bits per heavy atom. The molecule has 0 radical (unpaired) electrons. The van der Waals surface area contributed by atoms with E-state index in [1.807, 2.05) is 24.3 Å². The second-order valence-electron chi connectivity index (χ2n) is 8.37. The maximum atomic E-state index is 12.9. The van der Waals surface area contributed by atoms with Gasteiger partial charge in [-0.05, 0) is 25.5 Å². The Morgan fingerprint density at radius 2 is 2.00 bits per heavy atom. The number of aromatic nitrogens is 2. The molecule has 1 aromatic heterocycles. The number of aryl methyl sites for hydroxylation is 1. The smallest absolute Gasteiger partial charge is 0.270 e. The average Bonchev–Trinajstić information content (AvgIpc) is 3.23. The minimum Gasteiger partial charge on any atom is -0.379 e. The number of carbonyl (C=O) groups excluding carboxylic acids is 1. The summed E-state index contributed by atoms with van der Waals surface area (Å²) in [6.07, 6.45) is 4.52. The summed E-state index contributed by atoms with van der Waals surface area (Å²) in [5, 5.41) is 10.5. The van der Waals surface area contributed by atoms with Gasteiger partial charge < -0.3 is 20.8 Å². The number of hydrogen-bond acceptors (Lipinski definition) is 8. The molecule has 1 fully saturated rings. The molecule has 1 unspecified atom stereocenters. The molecular weight excluding hydrogens is 418 g/mol. The zero-order valence-corrected chi connectivity index (χ0v) is 19.2.